The highest BCUT2D eigenvalue weighted by atomic mass is 16.5. The van der Waals surface area contributed by atoms with Crippen LogP contribution in [-0.4, -0.2) is 32.6 Å². The highest BCUT2D eigenvalue weighted by Crippen LogP contribution is 2.29. The first kappa shape index (κ1) is 22.4. The zero-order valence-electron chi connectivity index (χ0n) is 18.5. The molecule has 33 heavy (non-hydrogen) atoms. The Morgan fingerprint density at radius 3 is 2.64 bits per heavy atom. The zero-order valence-corrected chi connectivity index (χ0v) is 18.5. The number of rotatable bonds is 10. The first-order valence-electron chi connectivity index (χ1n) is 11.0. The number of hydroxylamine groups is 1. The normalized spacial score (nSPS) is 11.9. The molecule has 0 spiro atoms. The Hall–Kier alpha value is -3.75. The molecule has 2 heterocycles. The van der Waals surface area contributed by atoms with Crippen molar-refractivity contribution in [2.45, 2.75) is 32.4 Å². The fraction of sp³-hybridized carbons (Fsp3) is 0.240. The zero-order chi connectivity index (χ0) is 23.0. The van der Waals surface area contributed by atoms with Crippen LogP contribution in [0.4, 0.5) is 5.82 Å². The fourth-order valence-corrected chi connectivity index (χ4v) is 3.71. The second-order valence-electron chi connectivity index (χ2n) is 7.96. The van der Waals surface area contributed by atoms with Crippen LogP contribution in [0, 0.1) is 0 Å². The summed E-state index contributed by atoms with van der Waals surface area (Å²) in [4.78, 5) is 23.3. The number of fused-ring (bicyclic) bond motifs is 1. The number of hydrogen-bond acceptors (Lipinski definition) is 6. The Bertz CT molecular complexity index is 1190. The van der Waals surface area contributed by atoms with Gasteiger partial charge in [-0.05, 0) is 42.6 Å². The molecule has 1 atom stereocenters. The maximum absolute atomic E-state index is 11.0. The number of anilines is 1. The van der Waals surface area contributed by atoms with E-state index in [1.807, 2.05) is 18.2 Å². The van der Waals surface area contributed by atoms with Crippen molar-refractivity contribution in [2.75, 3.05) is 11.9 Å². The molecule has 4 rings (SSSR count). The third-order valence-corrected chi connectivity index (χ3v) is 5.55. The molecular weight excluding hydrogens is 416 g/mol. The predicted molar refractivity (Wildman–Crippen MR) is 129 cm³/mol. The molecule has 0 aliphatic heterocycles. The van der Waals surface area contributed by atoms with E-state index in [1.165, 1.54) is 5.56 Å². The summed E-state index contributed by atoms with van der Waals surface area (Å²) < 4.78 is 0. The van der Waals surface area contributed by atoms with Crippen LogP contribution in [0.5, 0.6) is 0 Å². The van der Waals surface area contributed by atoms with Gasteiger partial charge in [0, 0.05) is 24.7 Å². The van der Waals surface area contributed by atoms with E-state index in [0.717, 1.165) is 33.7 Å². The molecule has 8 heteroatoms. The Balaban J connectivity index is 1.41. The second kappa shape index (κ2) is 10.7. The van der Waals surface area contributed by atoms with Gasteiger partial charge in [-0.1, -0.05) is 54.6 Å². The van der Waals surface area contributed by atoms with E-state index in [-0.39, 0.29) is 11.9 Å². The number of hydrogen-bond donors (Lipinski definition) is 5. The summed E-state index contributed by atoms with van der Waals surface area (Å²) in [5, 5.41) is 16.3. The van der Waals surface area contributed by atoms with E-state index < -0.39 is 0 Å². The number of aromatic nitrogens is 3. The van der Waals surface area contributed by atoms with Crippen LogP contribution in [0.3, 0.4) is 0 Å². The van der Waals surface area contributed by atoms with E-state index in [4.69, 9.17) is 5.21 Å². The molecule has 0 aliphatic rings. The summed E-state index contributed by atoms with van der Waals surface area (Å²) in [5.41, 5.74) is 6.83. The molecule has 1 amide bonds. The highest BCUT2D eigenvalue weighted by molar-refractivity contribution is 5.91. The number of H-pyrrole nitrogens is 1. The van der Waals surface area contributed by atoms with Crippen LogP contribution in [0.1, 0.15) is 36.9 Å². The summed E-state index contributed by atoms with van der Waals surface area (Å²) in [7, 11) is 0. The van der Waals surface area contributed by atoms with Crippen molar-refractivity contribution in [1.29, 1.82) is 0 Å². The standard InChI is InChI=1S/C25H28N6O2/c1-17(19-6-3-2-4-7-19)29-24-21-14-22(30-25(21)28-16-27-24)20-11-9-18(10-12-20)15-26-13-5-8-23(32)31-33/h2-4,6-7,9-12,14,16-17,26,33H,5,8,13,15H2,1H3,(H,31,32)(H2,27,28,29,30)/t17-/m1/s1. The number of carbonyl (C=O) groups excluding carboxylic acids is 1. The number of nitrogens with zero attached hydrogens (tertiary/aromatic N) is 2. The van der Waals surface area contributed by atoms with Crippen molar-refractivity contribution < 1.29 is 10.0 Å². The lowest BCUT2D eigenvalue weighted by atomic mass is 10.1. The number of amides is 1. The first-order valence-corrected chi connectivity index (χ1v) is 11.0. The molecule has 0 unspecified atom stereocenters. The van der Waals surface area contributed by atoms with Gasteiger partial charge in [-0.2, -0.15) is 0 Å². The molecule has 0 saturated carbocycles. The van der Waals surface area contributed by atoms with E-state index in [9.17, 15) is 4.79 Å². The molecule has 8 nitrogen and oxygen atoms in total. The van der Waals surface area contributed by atoms with Gasteiger partial charge in [0.1, 0.15) is 17.8 Å². The van der Waals surface area contributed by atoms with Crippen molar-refractivity contribution in [1.82, 2.24) is 25.7 Å². The molecule has 0 saturated heterocycles. The number of carbonyl (C=O) groups is 1. The van der Waals surface area contributed by atoms with Gasteiger partial charge in [0.05, 0.1) is 5.39 Å². The molecule has 0 fully saturated rings. The van der Waals surface area contributed by atoms with Crippen molar-refractivity contribution in [3.05, 3.63) is 78.1 Å². The average Bonchev–Trinajstić information content (AvgIpc) is 3.30. The Labute approximate surface area is 192 Å². The lowest BCUT2D eigenvalue weighted by Gasteiger charge is -2.15. The molecule has 0 bridgehead atoms. The minimum atomic E-state index is -0.364. The fourth-order valence-electron chi connectivity index (χ4n) is 3.71. The Morgan fingerprint density at radius 1 is 1.09 bits per heavy atom. The van der Waals surface area contributed by atoms with Crippen molar-refractivity contribution >= 4 is 22.8 Å². The van der Waals surface area contributed by atoms with Crippen LogP contribution in [-0.2, 0) is 11.3 Å². The minimum absolute atomic E-state index is 0.118. The molecule has 0 aliphatic carbocycles. The highest BCUT2D eigenvalue weighted by Gasteiger charge is 2.12. The largest absolute Gasteiger partial charge is 0.363 e. The van der Waals surface area contributed by atoms with Gasteiger partial charge in [0.2, 0.25) is 5.91 Å². The molecule has 0 radical (unpaired) electrons. The van der Waals surface area contributed by atoms with E-state index >= 15 is 0 Å². The number of nitrogens with one attached hydrogen (secondary N) is 4. The summed E-state index contributed by atoms with van der Waals surface area (Å²) in [5.74, 6) is 0.437. The van der Waals surface area contributed by atoms with Gasteiger partial charge in [0.15, 0.2) is 0 Å². The molecule has 170 valence electrons. The second-order valence-corrected chi connectivity index (χ2v) is 7.96. The smallest absolute Gasteiger partial charge is 0.243 e. The van der Waals surface area contributed by atoms with Crippen LogP contribution in [0.2, 0.25) is 0 Å². The summed E-state index contributed by atoms with van der Waals surface area (Å²) in [6.45, 7) is 3.53. The first-order chi connectivity index (χ1) is 16.1. The average molecular weight is 445 g/mol. The van der Waals surface area contributed by atoms with Crippen molar-refractivity contribution in [3.8, 4) is 11.3 Å². The molecule has 5 N–H and O–H groups in total. The molecule has 2 aromatic carbocycles. The van der Waals surface area contributed by atoms with Crippen LogP contribution >= 0.6 is 0 Å². The van der Waals surface area contributed by atoms with Crippen LogP contribution in [0.25, 0.3) is 22.3 Å². The SMILES string of the molecule is C[C@@H](Nc1ncnc2[nH]c(-c3ccc(CNCCCC(=O)NO)cc3)cc12)c1ccccc1. The summed E-state index contributed by atoms with van der Waals surface area (Å²) in [6.07, 6.45) is 2.54. The quantitative estimate of drug-likeness (QED) is 0.142. The Morgan fingerprint density at radius 2 is 1.88 bits per heavy atom. The third-order valence-electron chi connectivity index (χ3n) is 5.55. The summed E-state index contributed by atoms with van der Waals surface area (Å²) in [6, 6.07) is 20.8. The van der Waals surface area contributed by atoms with Gasteiger partial charge >= 0.3 is 0 Å². The lowest BCUT2D eigenvalue weighted by molar-refractivity contribution is -0.129. The predicted octanol–water partition coefficient (Wildman–Crippen LogP) is 4.17. The summed E-state index contributed by atoms with van der Waals surface area (Å²) >= 11 is 0. The maximum atomic E-state index is 11.0. The molecule has 2 aromatic heterocycles. The Kier molecular flexibility index (Phi) is 7.29. The van der Waals surface area contributed by atoms with Gasteiger partial charge in [-0.15, -0.1) is 0 Å². The number of benzene rings is 2. The van der Waals surface area contributed by atoms with Gasteiger partial charge in [-0.3, -0.25) is 10.0 Å². The third kappa shape index (κ3) is 5.74. The van der Waals surface area contributed by atoms with E-state index in [0.29, 0.717) is 25.9 Å². The van der Waals surface area contributed by atoms with E-state index in [2.05, 4.69) is 75.0 Å². The van der Waals surface area contributed by atoms with Crippen molar-refractivity contribution in [3.63, 3.8) is 0 Å². The monoisotopic (exact) mass is 444 g/mol. The topological polar surface area (TPSA) is 115 Å². The molecular formula is C25H28N6O2. The molecule has 4 aromatic rings. The van der Waals surface area contributed by atoms with Gasteiger partial charge < -0.3 is 15.6 Å². The van der Waals surface area contributed by atoms with E-state index in [1.54, 1.807) is 11.8 Å². The van der Waals surface area contributed by atoms with Gasteiger partial charge in [0.25, 0.3) is 0 Å². The minimum Gasteiger partial charge on any atom is -0.363 e. The maximum Gasteiger partial charge on any atom is 0.243 e. The lowest BCUT2D eigenvalue weighted by Crippen LogP contribution is -2.21. The van der Waals surface area contributed by atoms with Gasteiger partial charge in [-0.25, -0.2) is 15.4 Å². The number of aromatic amines is 1. The van der Waals surface area contributed by atoms with Crippen molar-refractivity contribution in [2.24, 2.45) is 0 Å². The van der Waals surface area contributed by atoms with Crippen LogP contribution < -0.4 is 16.1 Å². The van der Waals surface area contributed by atoms with Crippen LogP contribution in [0.15, 0.2) is 67.0 Å².